The number of urea groups is 1. The van der Waals surface area contributed by atoms with Gasteiger partial charge in [-0.1, -0.05) is 12.1 Å². The normalized spacial score (nSPS) is 13.2. The Morgan fingerprint density at radius 2 is 1.92 bits per heavy atom. The lowest BCUT2D eigenvalue weighted by Gasteiger charge is -2.22. The Labute approximate surface area is 147 Å². The van der Waals surface area contributed by atoms with Crippen molar-refractivity contribution in [2.45, 2.75) is 18.9 Å². The van der Waals surface area contributed by atoms with E-state index in [0.29, 0.717) is 6.54 Å². The van der Waals surface area contributed by atoms with Gasteiger partial charge in [0, 0.05) is 26.3 Å². The van der Waals surface area contributed by atoms with Gasteiger partial charge in [-0.05, 0) is 53.4 Å². The number of nitrogens with one attached hydrogen (secondary N) is 2. The Hall–Kier alpha value is -2.05. The molecule has 0 unspecified atom stereocenters. The van der Waals surface area contributed by atoms with Gasteiger partial charge in [-0.2, -0.15) is 11.3 Å². The van der Waals surface area contributed by atoms with Gasteiger partial charge < -0.3 is 20.6 Å². The number of carbonyl (C=O) groups is 1. The molecule has 1 heterocycles. The molecular formula is C18H25N3O2S. The molecule has 0 saturated carbocycles. The van der Waals surface area contributed by atoms with E-state index in [-0.39, 0.29) is 12.6 Å². The van der Waals surface area contributed by atoms with Gasteiger partial charge in [0.2, 0.25) is 0 Å². The van der Waals surface area contributed by atoms with Crippen LogP contribution in [0.5, 0.6) is 0 Å². The van der Waals surface area contributed by atoms with Gasteiger partial charge >= 0.3 is 6.03 Å². The fourth-order valence-corrected chi connectivity index (χ4v) is 3.05. The molecule has 0 aliphatic rings. The van der Waals surface area contributed by atoms with E-state index >= 15 is 0 Å². The van der Waals surface area contributed by atoms with E-state index in [9.17, 15) is 9.90 Å². The number of aliphatic hydroxyl groups is 1. The maximum atomic E-state index is 11.9. The van der Waals surface area contributed by atoms with E-state index in [2.05, 4.69) is 39.8 Å². The van der Waals surface area contributed by atoms with Crippen molar-refractivity contribution in [2.75, 3.05) is 32.1 Å². The molecule has 0 spiro atoms. The molecular weight excluding hydrogens is 322 g/mol. The van der Waals surface area contributed by atoms with Crippen LogP contribution in [0.2, 0.25) is 0 Å². The Balaban J connectivity index is 1.71. The molecule has 0 aliphatic carbocycles. The summed E-state index contributed by atoms with van der Waals surface area (Å²) in [5.74, 6) is 0. The van der Waals surface area contributed by atoms with E-state index in [1.165, 1.54) is 16.9 Å². The van der Waals surface area contributed by atoms with Crippen LogP contribution in [0.15, 0.2) is 41.1 Å². The van der Waals surface area contributed by atoms with Crippen molar-refractivity contribution in [3.63, 3.8) is 0 Å². The van der Waals surface area contributed by atoms with Crippen molar-refractivity contribution in [3.8, 4) is 0 Å². The van der Waals surface area contributed by atoms with Gasteiger partial charge in [0.1, 0.15) is 5.60 Å². The van der Waals surface area contributed by atoms with Crippen molar-refractivity contribution in [1.29, 1.82) is 0 Å². The lowest BCUT2D eigenvalue weighted by atomic mass is 9.99. The maximum absolute atomic E-state index is 11.9. The fourth-order valence-electron chi connectivity index (χ4n) is 2.27. The minimum Gasteiger partial charge on any atom is -0.384 e. The molecule has 2 rings (SSSR count). The predicted octanol–water partition coefficient (Wildman–Crippen LogP) is 2.56. The van der Waals surface area contributed by atoms with Crippen LogP contribution in [0.3, 0.4) is 0 Å². The monoisotopic (exact) mass is 347 g/mol. The molecule has 5 nitrogen and oxygen atoms in total. The van der Waals surface area contributed by atoms with Crippen molar-refractivity contribution in [2.24, 2.45) is 0 Å². The molecule has 0 aliphatic heterocycles. The summed E-state index contributed by atoms with van der Waals surface area (Å²) in [5.41, 5.74) is 2.08. The minimum atomic E-state index is -1.06. The summed E-state index contributed by atoms with van der Waals surface area (Å²) in [4.78, 5) is 13.9. The summed E-state index contributed by atoms with van der Waals surface area (Å²) in [6, 6.07) is 9.85. The van der Waals surface area contributed by atoms with Crippen LogP contribution in [-0.4, -0.2) is 38.3 Å². The van der Waals surface area contributed by atoms with Crippen molar-refractivity contribution >= 4 is 23.1 Å². The maximum Gasteiger partial charge on any atom is 0.314 e. The molecule has 0 radical (unpaired) electrons. The first-order valence-electron chi connectivity index (χ1n) is 7.91. The van der Waals surface area contributed by atoms with Crippen LogP contribution in [0.25, 0.3) is 0 Å². The Morgan fingerprint density at radius 1 is 1.21 bits per heavy atom. The predicted molar refractivity (Wildman–Crippen MR) is 99.8 cm³/mol. The summed E-state index contributed by atoms with van der Waals surface area (Å²) in [6.45, 7) is 2.42. The average Bonchev–Trinajstić information content (AvgIpc) is 3.09. The molecule has 2 aromatic rings. The highest BCUT2D eigenvalue weighted by Crippen LogP contribution is 2.21. The van der Waals surface area contributed by atoms with Gasteiger partial charge in [0.05, 0.1) is 6.54 Å². The third-order valence-electron chi connectivity index (χ3n) is 3.89. The quantitative estimate of drug-likeness (QED) is 0.721. The highest BCUT2D eigenvalue weighted by molar-refractivity contribution is 7.08. The van der Waals surface area contributed by atoms with E-state index < -0.39 is 5.60 Å². The highest BCUT2D eigenvalue weighted by Gasteiger charge is 2.23. The molecule has 1 aromatic heterocycles. The largest absolute Gasteiger partial charge is 0.384 e. The molecule has 130 valence electrons. The number of thiophene rings is 1. The van der Waals surface area contributed by atoms with Crippen LogP contribution < -0.4 is 15.5 Å². The Kier molecular flexibility index (Phi) is 6.23. The lowest BCUT2D eigenvalue weighted by molar-refractivity contribution is 0.0598. The van der Waals surface area contributed by atoms with E-state index in [4.69, 9.17) is 0 Å². The Bertz CT molecular complexity index is 637. The number of benzene rings is 1. The molecule has 3 N–H and O–H groups in total. The van der Waals surface area contributed by atoms with E-state index in [1.807, 2.05) is 30.9 Å². The average molecular weight is 347 g/mol. The second-order valence-corrected chi connectivity index (χ2v) is 6.99. The molecule has 0 fully saturated rings. The number of rotatable bonds is 7. The van der Waals surface area contributed by atoms with Gasteiger partial charge in [-0.3, -0.25) is 0 Å². The second-order valence-electron chi connectivity index (χ2n) is 6.21. The zero-order chi connectivity index (χ0) is 17.6. The summed E-state index contributed by atoms with van der Waals surface area (Å²) in [7, 11) is 4.01. The zero-order valence-corrected chi connectivity index (χ0v) is 15.2. The topological polar surface area (TPSA) is 64.6 Å². The molecule has 2 amide bonds. The summed E-state index contributed by atoms with van der Waals surface area (Å²) in [6.07, 6.45) is 0.766. The third kappa shape index (κ3) is 5.25. The molecule has 1 aromatic carbocycles. The number of anilines is 1. The van der Waals surface area contributed by atoms with Gasteiger partial charge in [-0.25, -0.2) is 4.79 Å². The number of nitrogens with zero attached hydrogens (tertiary/aromatic N) is 1. The minimum absolute atomic E-state index is 0.174. The summed E-state index contributed by atoms with van der Waals surface area (Å²) in [5, 5.41) is 19.7. The van der Waals surface area contributed by atoms with Crippen LogP contribution >= 0.6 is 11.3 Å². The zero-order valence-electron chi connectivity index (χ0n) is 14.4. The first kappa shape index (κ1) is 18.3. The molecule has 6 heteroatoms. The third-order valence-corrected chi connectivity index (χ3v) is 4.57. The van der Waals surface area contributed by atoms with Crippen molar-refractivity contribution < 1.29 is 9.90 Å². The van der Waals surface area contributed by atoms with Gasteiger partial charge in [0.25, 0.3) is 0 Å². The number of hydrogen-bond acceptors (Lipinski definition) is 4. The van der Waals surface area contributed by atoms with Gasteiger partial charge in [-0.15, -0.1) is 0 Å². The van der Waals surface area contributed by atoms with Crippen LogP contribution in [0.4, 0.5) is 10.5 Å². The first-order chi connectivity index (χ1) is 11.4. The number of carbonyl (C=O) groups excluding carboxylic acids is 1. The fraction of sp³-hybridized carbons (Fsp3) is 0.389. The number of hydrogen-bond donors (Lipinski definition) is 3. The van der Waals surface area contributed by atoms with Crippen molar-refractivity contribution in [1.82, 2.24) is 10.6 Å². The summed E-state index contributed by atoms with van der Waals surface area (Å²) < 4.78 is 0. The molecule has 1 atom stereocenters. The molecule has 0 saturated heterocycles. The van der Waals surface area contributed by atoms with Crippen molar-refractivity contribution in [3.05, 3.63) is 52.2 Å². The second kappa shape index (κ2) is 8.17. The molecule has 0 bridgehead atoms. The van der Waals surface area contributed by atoms with Gasteiger partial charge in [0.15, 0.2) is 0 Å². The smallest absolute Gasteiger partial charge is 0.314 e. The summed E-state index contributed by atoms with van der Waals surface area (Å²) >= 11 is 1.52. The molecule has 24 heavy (non-hydrogen) atoms. The lowest BCUT2D eigenvalue weighted by Crippen LogP contribution is -2.43. The SMILES string of the molecule is CN(C)c1ccc(CCNC(=O)NC[C@](C)(O)c2ccsc2)cc1. The van der Waals surface area contributed by atoms with E-state index in [0.717, 1.165) is 17.7 Å². The van der Waals surface area contributed by atoms with Crippen LogP contribution in [0.1, 0.15) is 18.1 Å². The van der Waals surface area contributed by atoms with Crippen LogP contribution in [0, 0.1) is 0 Å². The van der Waals surface area contributed by atoms with Crippen LogP contribution in [-0.2, 0) is 12.0 Å². The first-order valence-corrected chi connectivity index (χ1v) is 8.86. The van der Waals surface area contributed by atoms with E-state index in [1.54, 1.807) is 6.92 Å². The standard InChI is InChI=1S/C18H25N3O2S/c1-18(23,15-9-11-24-12-15)13-20-17(22)19-10-8-14-4-6-16(7-5-14)21(2)3/h4-7,9,11-12,23H,8,10,13H2,1-3H3,(H2,19,20,22)/t18-/m0/s1. The Morgan fingerprint density at radius 3 is 2.50 bits per heavy atom. The number of amides is 2. The highest BCUT2D eigenvalue weighted by atomic mass is 32.1.